The van der Waals surface area contributed by atoms with Crippen molar-refractivity contribution in [3.05, 3.63) is 34.9 Å². The van der Waals surface area contributed by atoms with Crippen LogP contribution in [0.15, 0.2) is 18.2 Å². The molecule has 98 valence electrons. The number of carbonyl (C=O) groups is 2. The molecule has 0 N–H and O–H groups in total. The highest BCUT2D eigenvalue weighted by Crippen LogP contribution is 2.14. The van der Waals surface area contributed by atoms with Gasteiger partial charge in [-0.15, -0.1) is 0 Å². The molecular weight excluding hydrogens is 234 g/mol. The molecule has 1 aromatic rings. The predicted molar refractivity (Wildman–Crippen MR) is 66.5 cm³/mol. The smallest absolute Gasteiger partial charge is 0.337 e. The first-order valence-corrected chi connectivity index (χ1v) is 5.43. The van der Waals surface area contributed by atoms with E-state index >= 15 is 0 Å². The SMILES string of the molecule is COC(=O)c1cc(CN(C)C)cc(C(=O)OC)c1. The number of rotatable bonds is 4. The van der Waals surface area contributed by atoms with Gasteiger partial charge in [0.2, 0.25) is 0 Å². The number of methoxy groups -OCH3 is 2. The molecule has 0 unspecified atom stereocenters. The molecule has 0 bridgehead atoms. The van der Waals surface area contributed by atoms with E-state index in [0.29, 0.717) is 17.7 Å². The van der Waals surface area contributed by atoms with Crippen molar-refractivity contribution >= 4 is 11.9 Å². The topological polar surface area (TPSA) is 55.8 Å². The standard InChI is InChI=1S/C13H17NO4/c1-14(2)8-9-5-10(12(15)17-3)7-11(6-9)13(16)18-4/h5-7H,8H2,1-4H3. The van der Waals surface area contributed by atoms with Gasteiger partial charge in [-0.1, -0.05) is 0 Å². The lowest BCUT2D eigenvalue weighted by Gasteiger charge is -2.12. The lowest BCUT2D eigenvalue weighted by Crippen LogP contribution is -2.13. The Bertz CT molecular complexity index is 420. The van der Waals surface area contributed by atoms with Crippen molar-refractivity contribution in [1.82, 2.24) is 4.90 Å². The van der Waals surface area contributed by atoms with E-state index in [2.05, 4.69) is 9.47 Å². The van der Waals surface area contributed by atoms with Crippen molar-refractivity contribution in [3.63, 3.8) is 0 Å². The zero-order valence-electron chi connectivity index (χ0n) is 11.0. The van der Waals surface area contributed by atoms with Crippen molar-refractivity contribution in [2.24, 2.45) is 0 Å². The van der Waals surface area contributed by atoms with Crippen LogP contribution < -0.4 is 0 Å². The average molecular weight is 251 g/mol. The highest BCUT2D eigenvalue weighted by molar-refractivity contribution is 5.95. The first-order valence-electron chi connectivity index (χ1n) is 5.43. The van der Waals surface area contributed by atoms with E-state index in [1.807, 2.05) is 19.0 Å². The van der Waals surface area contributed by atoms with E-state index in [1.54, 1.807) is 12.1 Å². The van der Waals surface area contributed by atoms with Crippen LogP contribution in [0, 0.1) is 0 Å². The van der Waals surface area contributed by atoms with Crippen LogP contribution in [0.5, 0.6) is 0 Å². The molecule has 0 atom stereocenters. The Balaban J connectivity index is 3.19. The second-order valence-corrected chi connectivity index (χ2v) is 4.14. The van der Waals surface area contributed by atoms with Gasteiger partial charge in [0, 0.05) is 6.54 Å². The minimum atomic E-state index is -0.472. The summed E-state index contributed by atoms with van der Waals surface area (Å²) >= 11 is 0. The summed E-state index contributed by atoms with van der Waals surface area (Å²) in [5.74, 6) is -0.943. The van der Waals surface area contributed by atoms with Crippen LogP contribution in [-0.4, -0.2) is 45.2 Å². The van der Waals surface area contributed by atoms with Gasteiger partial charge in [-0.05, 0) is 37.9 Å². The zero-order valence-corrected chi connectivity index (χ0v) is 11.0. The molecule has 5 nitrogen and oxygen atoms in total. The third-order valence-electron chi connectivity index (χ3n) is 2.33. The fourth-order valence-electron chi connectivity index (χ4n) is 1.62. The average Bonchev–Trinajstić information content (AvgIpc) is 2.35. The highest BCUT2D eigenvalue weighted by Gasteiger charge is 2.13. The maximum Gasteiger partial charge on any atom is 0.337 e. The fourth-order valence-corrected chi connectivity index (χ4v) is 1.62. The van der Waals surface area contributed by atoms with Gasteiger partial charge in [0.15, 0.2) is 0 Å². The molecule has 0 heterocycles. The van der Waals surface area contributed by atoms with Gasteiger partial charge in [0.25, 0.3) is 0 Å². The van der Waals surface area contributed by atoms with Crippen molar-refractivity contribution < 1.29 is 19.1 Å². The summed E-state index contributed by atoms with van der Waals surface area (Å²) in [7, 11) is 6.42. The Morgan fingerprint density at radius 2 is 1.44 bits per heavy atom. The van der Waals surface area contributed by atoms with E-state index in [1.165, 1.54) is 20.3 Å². The van der Waals surface area contributed by atoms with Crippen LogP contribution in [0.25, 0.3) is 0 Å². The summed E-state index contributed by atoms with van der Waals surface area (Å²) in [6, 6.07) is 4.88. The van der Waals surface area contributed by atoms with Gasteiger partial charge >= 0.3 is 11.9 Å². The molecule has 0 aromatic heterocycles. The van der Waals surface area contributed by atoms with Crippen molar-refractivity contribution in [2.75, 3.05) is 28.3 Å². The second kappa shape index (κ2) is 6.16. The van der Waals surface area contributed by atoms with Crippen LogP contribution in [-0.2, 0) is 16.0 Å². The number of hydrogen-bond acceptors (Lipinski definition) is 5. The van der Waals surface area contributed by atoms with Crippen molar-refractivity contribution in [2.45, 2.75) is 6.54 Å². The molecule has 5 heteroatoms. The van der Waals surface area contributed by atoms with Gasteiger partial charge < -0.3 is 14.4 Å². The Kier molecular flexibility index (Phi) is 4.85. The van der Waals surface area contributed by atoms with Crippen LogP contribution in [0.2, 0.25) is 0 Å². The number of ether oxygens (including phenoxy) is 2. The molecule has 1 rings (SSSR count). The number of hydrogen-bond donors (Lipinski definition) is 0. The predicted octanol–water partition coefficient (Wildman–Crippen LogP) is 1.32. The van der Waals surface area contributed by atoms with Crippen molar-refractivity contribution in [3.8, 4) is 0 Å². The van der Waals surface area contributed by atoms with Gasteiger partial charge in [-0.2, -0.15) is 0 Å². The normalized spacial score (nSPS) is 10.3. The number of esters is 2. The molecular formula is C13H17NO4. The molecule has 1 aromatic carbocycles. The van der Waals surface area contributed by atoms with Gasteiger partial charge in [-0.25, -0.2) is 9.59 Å². The van der Waals surface area contributed by atoms with E-state index in [0.717, 1.165) is 5.56 Å². The summed E-state index contributed by atoms with van der Waals surface area (Å²) in [6.07, 6.45) is 0. The maximum atomic E-state index is 11.5. The third kappa shape index (κ3) is 3.56. The van der Waals surface area contributed by atoms with Crippen LogP contribution in [0.1, 0.15) is 26.3 Å². The van der Waals surface area contributed by atoms with Gasteiger partial charge in [0.05, 0.1) is 25.3 Å². The third-order valence-corrected chi connectivity index (χ3v) is 2.33. The number of nitrogens with zero attached hydrogens (tertiary/aromatic N) is 1. The van der Waals surface area contributed by atoms with Gasteiger partial charge in [-0.3, -0.25) is 0 Å². The molecule has 0 aliphatic carbocycles. The fraction of sp³-hybridized carbons (Fsp3) is 0.385. The lowest BCUT2D eigenvalue weighted by atomic mass is 10.1. The van der Waals surface area contributed by atoms with E-state index < -0.39 is 11.9 Å². The maximum absolute atomic E-state index is 11.5. The van der Waals surface area contributed by atoms with E-state index in [4.69, 9.17) is 0 Å². The monoisotopic (exact) mass is 251 g/mol. The summed E-state index contributed by atoms with van der Waals surface area (Å²) in [5, 5.41) is 0. The Labute approximate surface area is 106 Å². The first-order chi connectivity index (χ1) is 8.47. The van der Waals surface area contributed by atoms with Crippen LogP contribution in [0.4, 0.5) is 0 Å². The van der Waals surface area contributed by atoms with Crippen LogP contribution >= 0.6 is 0 Å². The van der Waals surface area contributed by atoms with Gasteiger partial charge in [0.1, 0.15) is 0 Å². The first kappa shape index (κ1) is 14.2. The Morgan fingerprint density at radius 1 is 1.00 bits per heavy atom. The van der Waals surface area contributed by atoms with Crippen LogP contribution in [0.3, 0.4) is 0 Å². The van der Waals surface area contributed by atoms with E-state index in [9.17, 15) is 9.59 Å². The lowest BCUT2D eigenvalue weighted by molar-refractivity contribution is 0.0599. The molecule has 0 saturated heterocycles. The number of benzene rings is 1. The van der Waals surface area contributed by atoms with Crippen molar-refractivity contribution in [1.29, 1.82) is 0 Å². The molecule has 0 fully saturated rings. The largest absolute Gasteiger partial charge is 0.465 e. The molecule has 0 radical (unpaired) electrons. The zero-order chi connectivity index (χ0) is 13.7. The molecule has 0 amide bonds. The minimum absolute atomic E-state index is 0.345. The Hall–Kier alpha value is -1.88. The molecule has 0 aliphatic rings. The summed E-state index contributed by atoms with van der Waals surface area (Å²) in [4.78, 5) is 25.0. The molecule has 0 spiro atoms. The molecule has 0 saturated carbocycles. The highest BCUT2D eigenvalue weighted by atomic mass is 16.5. The molecule has 0 aliphatic heterocycles. The number of carbonyl (C=O) groups excluding carboxylic acids is 2. The molecule has 18 heavy (non-hydrogen) atoms. The summed E-state index contributed by atoms with van der Waals surface area (Å²) < 4.78 is 9.32. The van der Waals surface area contributed by atoms with E-state index in [-0.39, 0.29) is 0 Å². The quantitative estimate of drug-likeness (QED) is 0.755. The summed E-state index contributed by atoms with van der Waals surface area (Å²) in [6.45, 7) is 0.620. The minimum Gasteiger partial charge on any atom is -0.465 e. The second-order valence-electron chi connectivity index (χ2n) is 4.14. The summed E-state index contributed by atoms with van der Waals surface area (Å²) in [5.41, 5.74) is 1.54. The Morgan fingerprint density at radius 3 is 1.78 bits per heavy atom.